The van der Waals surface area contributed by atoms with Gasteiger partial charge in [0.2, 0.25) is 0 Å². The van der Waals surface area contributed by atoms with E-state index in [0.717, 1.165) is 15.1 Å². The lowest BCUT2D eigenvalue weighted by atomic mass is 9.95. The smallest absolute Gasteiger partial charge is 0.0467 e. The Morgan fingerprint density at radius 2 is 2.00 bits per heavy atom. The van der Waals surface area contributed by atoms with Crippen LogP contribution in [-0.4, -0.2) is 7.05 Å². The lowest BCUT2D eigenvalue weighted by Crippen LogP contribution is -2.33. The highest BCUT2D eigenvalue weighted by Crippen LogP contribution is 2.29. The molecule has 0 aliphatic heterocycles. The average Bonchev–Trinajstić information content (AvgIpc) is 2.03. The molecule has 1 aromatic carbocycles. The zero-order valence-electron chi connectivity index (χ0n) is 7.99. The van der Waals surface area contributed by atoms with Crippen molar-refractivity contribution in [3.8, 4) is 0 Å². The molecule has 0 aromatic heterocycles. The second-order valence-electron chi connectivity index (χ2n) is 3.50. The fourth-order valence-electron chi connectivity index (χ4n) is 1.13. The first-order valence-electron chi connectivity index (χ1n) is 4.12. The lowest BCUT2D eigenvalue weighted by Gasteiger charge is -2.25. The topological polar surface area (TPSA) is 12.0 Å². The summed E-state index contributed by atoms with van der Waals surface area (Å²) in [7, 11) is 1.93. The molecule has 0 spiro atoms. The van der Waals surface area contributed by atoms with Crippen LogP contribution in [0.1, 0.15) is 19.4 Å². The molecule has 0 radical (unpaired) electrons. The third-order valence-electron chi connectivity index (χ3n) is 2.23. The molecular weight excluding hydrogens is 249 g/mol. The minimum Gasteiger partial charge on any atom is -0.311 e. The fraction of sp³-hybridized carbons (Fsp3) is 0.400. The first-order valence-corrected chi connectivity index (χ1v) is 5.29. The van der Waals surface area contributed by atoms with Crippen LogP contribution in [0.3, 0.4) is 0 Å². The summed E-state index contributed by atoms with van der Waals surface area (Å²) in [5.41, 5.74) is 1.03. The third-order valence-corrected chi connectivity index (χ3v) is 3.04. The SMILES string of the molecule is CNC(C)(C)c1ccc(Br)cc1Cl. The first kappa shape index (κ1) is 11.0. The molecule has 72 valence electrons. The van der Waals surface area contributed by atoms with E-state index in [-0.39, 0.29) is 5.54 Å². The van der Waals surface area contributed by atoms with Gasteiger partial charge in [-0.15, -0.1) is 0 Å². The Kier molecular flexibility index (Phi) is 3.38. The molecule has 0 saturated heterocycles. The number of benzene rings is 1. The fourth-order valence-corrected chi connectivity index (χ4v) is 2.04. The summed E-state index contributed by atoms with van der Waals surface area (Å²) >= 11 is 9.50. The van der Waals surface area contributed by atoms with Crippen molar-refractivity contribution in [3.05, 3.63) is 33.3 Å². The van der Waals surface area contributed by atoms with Crippen LogP contribution in [0.2, 0.25) is 5.02 Å². The molecule has 0 aliphatic carbocycles. The Balaban J connectivity index is 3.16. The van der Waals surface area contributed by atoms with Crippen LogP contribution in [-0.2, 0) is 5.54 Å². The average molecular weight is 263 g/mol. The molecule has 1 N–H and O–H groups in total. The molecule has 0 aliphatic rings. The van der Waals surface area contributed by atoms with Crippen molar-refractivity contribution in [2.45, 2.75) is 19.4 Å². The minimum atomic E-state index is -0.0855. The van der Waals surface area contributed by atoms with E-state index in [1.807, 2.05) is 25.2 Å². The van der Waals surface area contributed by atoms with Gasteiger partial charge in [0.05, 0.1) is 0 Å². The third kappa shape index (κ3) is 2.46. The van der Waals surface area contributed by atoms with E-state index in [1.165, 1.54) is 0 Å². The van der Waals surface area contributed by atoms with E-state index in [2.05, 4.69) is 35.1 Å². The second-order valence-corrected chi connectivity index (χ2v) is 4.82. The maximum Gasteiger partial charge on any atom is 0.0467 e. The van der Waals surface area contributed by atoms with Gasteiger partial charge in [0.15, 0.2) is 0 Å². The maximum absolute atomic E-state index is 6.12. The zero-order valence-corrected chi connectivity index (χ0v) is 10.3. The van der Waals surface area contributed by atoms with Crippen LogP contribution in [0.15, 0.2) is 22.7 Å². The van der Waals surface area contributed by atoms with Gasteiger partial charge in [0, 0.05) is 15.0 Å². The van der Waals surface area contributed by atoms with Crippen LogP contribution in [0.4, 0.5) is 0 Å². The predicted octanol–water partition coefficient (Wildman–Crippen LogP) is 3.56. The molecule has 13 heavy (non-hydrogen) atoms. The first-order chi connectivity index (χ1) is 5.97. The minimum absolute atomic E-state index is 0.0855. The van der Waals surface area contributed by atoms with E-state index >= 15 is 0 Å². The highest BCUT2D eigenvalue weighted by atomic mass is 79.9. The Morgan fingerprint density at radius 3 is 2.46 bits per heavy atom. The van der Waals surface area contributed by atoms with Gasteiger partial charge in [-0.05, 0) is 38.6 Å². The van der Waals surface area contributed by atoms with Crippen molar-refractivity contribution in [2.24, 2.45) is 0 Å². The van der Waals surface area contributed by atoms with Crippen molar-refractivity contribution in [1.82, 2.24) is 5.32 Å². The van der Waals surface area contributed by atoms with Crippen molar-refractivity contribution in [3.63, 3.8) is 0 Å². The molecule has 0 fully saturated rings. The molecular formula is C10H13BrClN. The Hall–Kier alpha value is -0.0500. The molecule has 1 nitrogen and oxygen atoms in total. The van der Waals surface area contributed by atoms with Gasteiger partial charge in [-0.3, -0.25) is 0 Å². The summed E-state index contributed by atoms with van der Waals surface area (Å²) in [5.74, 6) is 0. The van der Waals surface area contributed by atoms with Gasteiger partial charge in [0.25, 0.3) is 0 Å². The molecule has 0 amide bonds. The standard InChI is InChI=1S/C10H13BrClN/c1-10(2,13-3)8-5-4-7(11)6-9(8)12/h4-6,13H,1-3H3. The largest absolute Gasteiger partial charge is 0.311 e. The molecule has 1 rings (SSSR count). The molecule has 0 unspecified atom stereocenters. The van der Waals surface area contributed by atoms with Gasteiger partial charge in [-0.2, -0.15) is 0 Å². The van der Waals surface area contributed by atoms with Crippen molar-refractivity contribution in [1.29, 1.82) is 0 Å². The summed E-state index contributed by atoms with van der Waals surface area (Å²) in [6.07, 6.45) is 0. The van der Waals surface area contributed by atoms with E-state index in [9.17, 15) is 0 Å². The number of halogens is 2. The van der Waals surface area contributed by atoms with E-state index < -0.39 is 0 Å². The van der Waals surface area contributed by atoms with Gasteiger partial charge in [-0.1, -0.05) is 33.6 Å². The van der Waals surface area contributed by atoms with Gasteiger partial charge < -0.3 is 5.32 Å². The van der Waals surface area contributed by atoms with Crippen molar-refractivity contribution >= 4 is 27.5 Å². The Morgan fingerprint density at radius 1 is 1.38 bits per heavy atom. The van der Waals surface area contributed by atoms with Crippen LogP contribution >= 0.6 is 27.5 Å². The van der Waals surface area contributed by atoms with E-state index in [0.29, 0.717) is 0 Å². The quantitative estimate of drug-likeness (QED) is 0.859. The van der Waals surface area contributed by atoms with Crippen LogP contribution in [0.25, 0.3) is 0 Å². The van der Waals surface area contributed by atoms with Crippen LogP contribution in [0, 0.1) is 0 Å². The van der Waals surface area contributed by atoms with Gasteiger partial charge in [-0.25, -0.2) is 0 Å². The number of hydrogen-bond acceptors (Lipinski definition) is 1. The highest BCUT2D eigenvalue weighted by molar-refractivity contribution is 9.10. The summed E-state index contributed by atoms with van der Waals surface area (Å²) in [6, 6.07) is 5.94. The predicted molar refractivity (Wildman–Crippen MR) is 61.2 cm³/mol. The van der Waals surface area contributed by atoms with Crippen LogP contribution in [0.5, 0.6) is 0 Å². The summed E-state index contributed by atoms with van der Waals surface area (Å²) in [5, 5.41) is 4.00. The Labute approximate surface area is 92.6 Å². The zero-order chi connectivity index (χ0) is 10.1. The van der Waals surface area contributed by atoms with E-state index in [4.69, 9.17) is 11.6 Å². The highest BCUT2D eigenvalue weighted by Gasteiger charge is 2.20. The summed E-state index contributed by atoms with van der Waals surface area (Å²) < 4.78 is 1.01. The number of rotatable bonds is 2. The normalized spacial score (nSPS) is 11.8. The van der Waals surface area contributed by atoms with Gasteiger partial charge >= 0.3 is 0 Å². The van der Waals surface area contributed by atoms with Crippen LogP contribution < -0.4 is 5.32 Å². The number of hydrogen-bond donors (Lipinski definition) is 1. The lowest BCUT2D eigenvalue weighted by molar-refractivity contribution is 0.445. The second kappa shape index (κ2) is 3.99. The molecule has 3 heteroatoms. The van der Waals surface area contributed by atoms with Crippen molar-refractivity contribution in [2.75, 3.05) is 7.05 Å². The Bertz CT molecular complexity index is 310. The van der Waals surface area contributed by atoms with Gasteiger partial charge in [0.1, 0.15) is 0 Å². The molecule has 0 bridgehead atoms. The van der Waals surface area contributed by atoms with E-state index in [1.54, 1.807) is 0 Å². The molecule has 0 saturated carbocycles. The maximum atomic E-state index is 6.12. The molecule has 1 aromatic rings. The monoisotopic (exact) mass is 261 g/mol. The van der Waals surface area contributed by atoms with Crippen molar-refractivity contribution < 1.29 is 0 Å². The number of nitrogens with one attached hydrogen (secondary N) is 1. The molecule has 0 atom stereocenters. The summed E-state index contributed by atoms with van der Waals surface area (Å²) in [6.45, 7) is 4.20. The summed E-state index contributed by atoms with van der Waals surface area (Å²) in [4.78, 5) is 0. The molecule has 0 heterocycles.